The minimum Gasteiger partial charge on any atom is -0.480 e. The molecule has 1 fully saturated rings. The van der Waals surface area contributed by atoms with Crippen molar-refractivity contribution in [1.82, 2.24) is 4.90 Å². The summed E-state index contributed by atoms with van der Waals surface area (Å²) in [6.45, 7) is 3.12. The van der Waals surface area contributed by atoms with Crippen LogP contribution in [0.5, 0.6) is 5.75 Å². The third-order valence-electron chi connectivity index (χ3n) is 4.86. The topological polar surface area (TPSA) is 49.9 Å². The van der Waals surface area contributed by atoms with Crippen LogP contribution < -0.4 is 9.64 Å². The zero-order valence-corrected chi connectivity index (χ0v) is 14.1. The number of para-hydroxylation sites is 2. The van der Waals surface area contributed by atoms with Crippen LogP contribution in [0.2, 0.25) is 0 Å². The van der Waals surface area contributed by atoms with E-state index in [9.17, 15) is 9.59 Å². The zero-order chi connectivity index (χ0) is 17.4. The Morgan fingerprint density at radius 3 is 2.60 bits per heavy atom. The van der Waals surface area contributed by atoms with Crippen LogP contribution in [0.25, 0.3) is 0 Å². The van der Waals surface area contributed by atoms with Crippen molar-refractivity contribution in [2.45, 2.75) is 19.4 Å². The van der Waals surface area contributed by atoms with Crippen LogP contribution in [0.3, 0.4) is 0 Å². The molecular formula is C20H20N2O3. The van der Waals surface area contributed by atoms with Gasteiger partial charge in [-0.2, -0.15) is 0 Å². The Balaban J connectivity index is 1.44. The maximum atomic E-state index is 12.8. The van der Waals surface area contributed by atoms with Crippen molar-refractivity contribution in [3.8, 4) is 5.75 Å². The molecule has 0 bridgehead atoms. The molecule has 0 radical (unpaired) electrons. The number of hydrogen-bond acceptors (Lipinski definition) is 3. The highest BCUT2D eigenvalue weighted by Crippen LogP contribution is 2.29. The highest BCUT2D eigenvalue weighted by Gasteiger charge is 2.36. The van der Waals surface area contributed by atoms with Crippen LogP contribution in [0.1, 0.15) is 11.1 Å². The maximum absolute atomic E-state index is 12.8. The highest BCUT2D eigenvalue weighted by atomic mass is 16.5. The van der Waals surface area contributed by atoms with Gasteiger partial charge in [-0.05, 0) is 30.2 Å². The van der Waals surface area contributed by atoms with Gasteiger partial charge in [0, 0.05) is 25.2 Å². The van der Waals surface area contributed by atoms with Crippen molar-refractivity contribution >= 4 is 17.5 Å². The Hall–Kier alpha value is -2.82. The molecule has 4 rings (SSSR count). The maximum Gasteiger partial charge on any atom is 0.264 e. The fourth-order valence-corrected chi connectivity index (χ4v) is 3.51. The van der Waals surface area contributed by atoms with Crippen molar-refractivity contribution in [3.63, 3.8) is 0 Å². The SMILES string of the molecule is Cc1ccccc1N1CCN(C(=O)C2Cc3ccccc3O2)CC1=O. The van der Waals surface area contributed by atoms with Crippen LogP contribution >= 0.6 is 0 Å². The molecule has 128 valence electrons. The summed E-state index contributed by atoms with van der Waals surface area (Å²) in [7, 11) is 0. The smallest absolute Gasteiger partial charge is 0.264 e. The predicted molar refractivity (Wildman–Crippen MR) is 94.7 cm³/mol. The summed E-state index contributed by atoms with van der Waals surface area (Å²) in [5, 5.41) is 0. The zero-order valence-electron chi connectivity index (χ0n) is 14.1. The third kappa shape index (κ3) is 2.86. The number of piperazine rings is 1. The molecule has 1 unspecified atom stereocenters. The average molecular weight is 336 g/mol. The number of benzene rings is 2. The number of hydrogen-bond donors (Lipinski definition) is 0. The van der Waals surface area contributed by atoms with Gasteiger partial charge in [-0.3, -0.25) is 9.59 Å². The van der Waals surface area contributed by atoms with E-state index in [0.29, 0.717) is 19.5 Å². The number of fused-ring (bicyclic) bond motifs is 1. The molecule has 5 heteroatoms. The van der Waals surface area contributed by atoms with E-state index in [4.69, 9.17) is 4.74 Å². The monoisotopic (exact) mass is 336 g/mol. The lowest BCUT2D eigenvalue weighted by molar-refractivity contribution is -0.142. The van der Waals surface area contributed by atoms with Gasteiger partial charge < -0.3 is 14.5 Å². The van der Waals surface area contributed by atoms with E-state index < -0.39 is 6.10 Å². The summed E-state index contributed by atoms with van der Waals surface area (Å²) in [6.07, 6.45) is 0.0523. The van der Waals surface area contributed by atoms with E-state index in [0.717, 1.165) is 22.6 Å². The molecule has 1 atom stereocenters. The van der Waals surface area contributed by atoms with E-state index in [1.165, 1.54) is 0 Å². The summed E-state index contributed by atoms with van der Waals surface area (Å²) < 4.78 is 5.77. The van der Waals surface area contributed by atoms with E-state index in [1.807, 2.05) is 55.5 Å². The van der Waals surface area contributed by atoms with Crippen LogP contribution in [0.4, 0.5) is 5.69 Å². The van der Waals surface area contributed by atoms with Crippen LogP contribution in [-0.4, -0.2) is 42.5 Å². The van der Waals surface area contributed by atoms with Crippen molar-refractivity contribution in [2.75, 3.05) is 24.5 Å². The summed E-state index contributed by atoms with van der Waals surface area (Å²) in [6, 6.07) is 15.5. The molecule has 1 saturated heterocycles. The van der Waals surface area contributed by atoms with Gasteiger partial charge in [0.2, 0.25) is 5.91 Å². The third-order valence-corrected chi connectivity index (χ3v) is 4.86. The first-order chi connectivity index (χ1) is 12.1. The van der Waals surface area contributed by atoms with Crippen molar-refractivity contribution in [2.24, 2.45) is 0 Å². The minimum absolute atomic E-state index is 0.0515. The fraction of sp³-hybridized carbons (Fsp3) is 0.300. The van der Waals surface area contributed by atoms with Gasteiger partial charge in [-0.1, -0.05) is 36.4 Å². The van der Waals surface area contributed by atoms with E-state index in [-0.39, 0.29) is 18.4 Å². The molecule has 2 aromatic carbocycles. The Labute approximate surface area is 146 Å². The molecule has 2 aliphatic heterocycles. The normalized spacial score (nSPS) is 19.6. The van der Waals surface area contributed by atoms with Crippen molar-refractivity contribution in [3.05, 3.63) is 59.7 Å². The van der Waals surface area contributed by atoms with Crippen LogP contribution in [0.15, 0.2) is 48.5 Å². The number of rotatable bonds is 2. The minimum atomic E-state index is -0.518. The Bertz CT molecular complexity index is 808. The van der Waals surface area contributed by atoms with Gasteiger partial charge >= 0.3 is 0 Å². The highest BCUT2D eigenvalue weighted by molar-refractivity contribution is 5.99. The first kappa shape index (κ1) is 15.7. The quantitative estimate of drug-likeness (QED) is 0.845. The summed E-state index contributed by atoms with van der Waals surface area (Å²) in [4.78, 5) is 28.7. The van der Waals surface area contributed by atoms with E-state index in [2.05, 4.69) is 0 Å². The predicted octanol–water partition coefficient (Wildman–Crippen LogP) is 2.17. The molecule has 2 heterocycles. The standard InChI is InChI=1S/C20H20N2O3/c1-14-6-2-4-8-16(14)22-11-10-21(13-19(22)23)20(24)18-12-15-7-3-5-9-17(15)25-18/h2-9,18H,10-13H2,1H3. The molecule has 2 aromatic rings. The second-order valence-corrected chi connectivity index (χ2v) is 6.51. The van der Waals surface area contributed by atoms with E-state index >= 15 is 0 Å². The molecule has 5 nitrogen and oxygen atoms in total. The van der Waals surface area contributed by atoms with E-state index in [1.54, 1.807) is 9.80 Å². The number of ether oxygens (including phenoxy) is 1. The Kier molecular flexibility index (Phi) is 3.92. The molecule has 2 aliphatic rings. The van der Waals surface area contributed by atoms with Gasteiger partial charge in [-0.25, -0.2) is 0 Å². The summed E-state index contributed by atoms with van der Waals surface area (Å²) in [5.41, 5.74) is 3.03. The second kappa shape index (κ2) is 6.24. The first-order valence-corrected chi connectivity index (χ1v) is 8.53. The van der Waals surface area contributed by atoms with Gasteiger partial charge in [-0.15, -0.1) is 0 Å². The second-order valence-electron chi connectivity index (χ2n) is 6.51. The number of aryl methyl sites for hydroxylation is 1. The van der Waals surface area contributed by atoms with Gasteiger partial charge in [0.25, 0.3) is 5.91 Å². The molecule has 2 amide bonds. The van der Waals surface area contributed by atoms with Crippen LogP contribution in [0, 0.1) is 6.92 Å². The van der Waals surface area contributed by atoms with Crippen molar-refractivity contribution in [1.29, 1.82) is 0 Å². The number of anilines is 1. The summed E-state index contributed by atoms with van der Waals surface area (Å²) >= 11 is 0. The largest absolute Gasteiger partial charge is 0.480 e. The fourth-order valence-electron chi connectivity index (χ4n) is 3.51. The first-order valence-electron chi connectivity index (χ1n) is 8.53. The summed E-state index contributed by atoms with van der Waals surface area (Å²) in [5.74, 6) is 0.615. The molecule has 0 saturated carbocycles. The molecular weight excluding hydrogens is 316 g/mol. The van der Waals surface area contributed by atoms with Crippen molar-refractivity contribution < 1.29 is 14.3 Å². The Morgan fingerprint density at radius 2 is 1.84 bits per heavy atom. The molecule has 0 aliphatic carbocycles. The lowest BCUT2D eigenvalue weighted by Crippen LogP contribution is -2.55. The van der Waals surface area contributed by atoms with Gasteiger partial charge in [0.1, 0.15) is 12.3 Å². The molecule has 0 aromatic heterocycles. The Morgan fingerprint density at radius 1 is 1.08 bits per heavy atom. The number of nitrogens with zero attached hydrogens (tertiary/aromatic N) is 2. The van der Waals surface area contributed by atoms with Crippen LogP contribution in [-0.2, 0) is 16.0 Å². The molecule has 25 heavy (non-hydrogen) atoms. The molecule has 0 N–H and O–H groups in total. The molecule has 0 spiro atoms. The average Bonchev–Trinajstić information content (AvgIpc) is 3.06. The number of carbonyl (C=O) groups is 2. The lowest BCUT2D eigenvalue weighted by atomic mass is 10.1. The number of carbonyl (C=O) groups excluding carboxylic acids is 2. The lowest BCUT2D eigenvalue weighted by Gasteiger charge is -2.35. The van der Waals surface area contributed by atoms with Gasteiger partial charge in [0.15, 0.2) is 6.10 Å². The van der Waals surface area contributed by atoms with Gasteiger partial charge in [0.05, 0.1) is 0 Å². The number of amides is 2.